The third-order valence-corrected chi connectivity index (χ3v) is 11.4. The zero-order chi connectivity index (χ0) is 43.6. The molecule has 0 aromatic heterocycles. The Kier molecular flexibility index (Phi) is 40.0. The van der Waals surface area contributed by atoms with Crippen molar-refractivity contribution in [3.63, 3.8) is 0 Å². The van der Waals surface area contributed by atoms with Gasteiger partial charge >= 0.3 is 0 Å². The largest absolute Gasteiger partial charge is 0.368 e. The quantitative estimate of drug-likeness (QED) is 0.0298. The van der Waals surface area contributed by atoms with E-state index < -0.39 is 35.8 Å². The lowest BCUT2D eigenvalue weighted by Crippen LogP contribution is -2.58. The average Bonchev–Trinajstić information content (AvgIpc) is 3.22. The number of hydrogen-bond donors (Lipinski definition) is 7. The number of unbranched alkanes of at least 4 members (excludes halogenated alkanes) is 26. The summed E-state index contributed by atoms with van der Waals surface area (Å²) in [5.41, 5.74) is 16.9. The second kappa shape index (κ2) is 42.0. The van der Waals surface area contributed by atoms with Crippen molar-refractivity contribution in [1.29, 1.82) is 0 Å². The van der Waals surface area contributed by atoms with E-state index in [2.05, 4.69) is 35.1 Å². The fourth-order valence-electron chi connectivity index (χ4n) is 7.47. The van der Waals surface area contributed by atoms with Gasteiger partial charge in [-0.15, -0.1) is 0 Å². The molecule has 0 aromatic carbocycles. The molecular weight excluding hydrogens is 743 g/mol. The first-order chi connectivity index (χ1) is 28.7. The minimum absolute atomic E-state index is 0.0897. The maximum atomic E-state index is 13.8. The number of carbonyl (C=O) groups excluding carboxylic acids is 5. The number of amides is 5. The third-order valence-electron chi connectivity index (χ3n) is 11.4. The topological polar surface area (TPSA) is 212 Å². The van der Waals surface area contributed by atoms with E-state index in [1.54, 1.807) is 0 Å². The van der Waals surface area contributed by atoms with Crippen LogP contribution in [0.25, 0.3) is 0 Å². The summed E-state index contributed by atoms with van der Waals surface area (Å²) in [6.07, 6.45) is 35.2. The molecule has 0 aliphatic carbocycles. The minimum atomic E-state index is -1.07. The maximum Gasteiger partial charge on any atom is 0.245 e. The fraction of sp³-hybridized carbons (Fsp3) is 0.894. The number of rotatable bonds is 44. The molecule has 0 rings (SSSR count). The van der Waals surface area contributed by atoms with Crippen LogP contribution < -0.4 is 38.5 Å². The van der Waals surface area contributed by atoms with Gasteiger partial charge in [0, 0.05) is 19.4 Å². The molecule has 0 bridgehead atoms. The zero-order valence-corrected chi connectivity index (χ0v) is 38.2. The van der Waals surface area contributed by atoms with Crippen LogP contribution in [0.2, 0.25) is 0 Å². The Labute approximate surface area is 361 Å². The van der Waals surface area contributed by atoms with Crippen molar-refractivity contribution in [3.8, 4) is 0 Å². The first kappa shape index (κ1) is 56.3. The van der Waals surface area contributed by atoms with Crippen molar-refractivity contribution in [2.75, 3.05) is 19.6 Å². The summed E-state index contributed by atoms with van der Waals surface area (Å²) < 4.78 is 0. The van der Waals surface area contributed by atoms with Crippen LogP contribution >= 0.6 is 0 Å². The van der Waals surface area contributed by atoms with Gasteiger partial charge in [-0.05, 0) is 64.5 Å². The highest BCUT2D eigenvalue weighted by atomic mass is 16.2. The average molecular weight is 836 g/mol. The van der Waals surface area contributed by atoms with Crippen LogP contribution in [0.4, 0.5) is 0 Å². The zero-order valence-electron chi connectivity index (χ0n) is 38.2. The molecule has 0 aliphatic heterocycles. The van der Waals surface area contributed by atoms with Crippen LogP contribution in [-0.2, 0) is 24.0 Å². The molecule has 10 N–H and O–H groups in total. The number of nitrogens with two attached hydrogens (primary N) is 3. The van der Waals surface area contributed by atoms with E-state index in [0.29, 0.717) is 58.0 Å². The number of nitrogens with one attached hydrogen (secondary N) is 4. The molecule has 0 fully saturated rings. The smallest absolute Gasteiger partial charge is 0.245 e. The SMILES string of the molecule is CCCCCCCCCCCCCCCC(=O)NCC(NC(=O)CCCCCCCCCCCCCCC)C(=O)NC(CCCCN)C(=O)NC(CCCCN)C(N)=O. The molecule has 346 valence electrons. The molecule has 59 heavy (non-hydrogen) atoms. The van der Waals surface area contributed by atoms with Gasteiger partial charge in [-0.1, -0.05) is 168 Å². The Morgan fingerprint density at radius 1 is 0.390 bits per heavy atom. The molecule has 12 heteroatoms. The standard InChI is InChI=1S/C47H93N7O5/c1-3-5-7-9-11-13-15-17-19-21-23-25-27-35-43(55)51-39-42(52-44(56)36-28-26-24-22-20-18-16-14-12-10-8-6-4-2)47(59)54-41(34-30-32-38-49)46(58)53-40(45(50)57)33-29-31-37-48/h40-42H,3-39,48-49H2,1-2H3,(H2,50,57)(H,51,55)(H,52,56)(H,53,58)(H,54,59). The lowest BCUT2D eigenvalue weighted by atomic mass is 10.0. The van der Waals surface area contributed by atoms with Crippen LogP contribution in [0, 0.1) is 0 Å². The second-order valence-electron chi connectivity index (χ2n) is 17.0. The van der Waals surface area contributed by atoms with Crippen LogP contribution in [0.15, 0.2) is 0 Å². The molecule has 3 atom stereocenters. The number of primary amides is 1. The van der Waals surface area contributed by atoms with Gasteiger partial charge in [0.15, 0.2) is 0 Å². The molecule has 0 heterocycles. The van der Waals surface area contributed by atoms with E-state index in [4.69, 9.17) is 17.2 Å². The summed E-state index contributed by atoms with van der Waals surface area (Å²) in [6.45, 7) is 5.29. The number of hydrogen-bond acceptors (Lipinski definition) is 7. The van der Waals surface area contributed by atoms with Crippen LogP contribution in [0.1, 0.15) is 232 Å². The third kappa shape index (κ3) is 35.7. The van der Waals surface area contributed by atoms with Crippen molar-refractivity contribution in [1.82, 2.24) is 21.3 Å². The highest BCUT2D eigenvalue weighted by Gasteiger charge is 2.29. The van der Waals surface area contributed by atoms with Crippen LogP contribution in [0.3, 0.4) is 0 Å². The summed E-state index contributed by atoms with van der Waals surface area (Å²) in [6, 6.07) is -2.95. The van der Waals surface area contributed by atoms with E-state index in [-0.39, 0.29) is 31.2 Å². The Bertz CT molecular complexity index is 1050. The Morgan fingerprint density at radius 3 is 1.12 bits per heavy atom. The van der Waals surface area contributed by atoms with E-state index in [1.165, 1.54) is 122 Å². The summed E-state index contributed by atoms with van der Waals surface area (Å²) in [7, 11) is 0. The molecular formula is C47H93N7O5. The predicted octanol–water partition coefficient (Wildman–Crippen LogP) is 8.26. The van der Waals surface area contributed by atoms with Gasteiger partial charge in [0.1, 0.15) is 18.1 Å². The van der Waals surface area contributed by atoms with Crippen molar-refractivity contribution in [2.45, 2.75) is 250 Å². The molecule has 3 unspecified atom stereocenters. The molecule has 0 aromatic rings. The van der Waals surface area contributed by atoms with Crippen molar-refractivity contribution >= 4 is 29.5 Å². The van der Waals surface area contributed by atoms with Gasteiger partial charge in [0.25, 0.3) is 0 Å². The van der Waals surface area contributed by atoms with Gasteiger partial charge < -0.3 is 38.5 Å². The molecule has 5 amide bonds. The molecule has 0 spiro atoms. The van der Waals surface area contributed by atoms with Gasteiger partial charge in [-0.2, -0.15) is 0 Å². The first-order valence-electron chi connectivity index (χ1n) is 24.6. The maximum absolute atomic E-state index is 13.8. The van der Waals surface area contributed by atoms with E-state index >= 15 is 0 Å². The van der Waals surface area contributed by atoms with E-state index in [9.17, 15) is 24.0 Å². The lowest BCUT2D eigenvalue weighted by Gasteiger charge is -2.25. The monoisotopic (exact) mass is 836 g/mol. The predicted molar refractivity (Wildman–Crippen MR) is 244 cm³/mol. The lowest BCUT2D eigenvalue weighted by molar-refractivity contribution is -0.133. The van der Waals surface area contributed by atoms with Gasteiger partial charge in [-0.3, -0.25) is 24.0 Å². The highest BCUT2D eigenvalue weighted by molar-refractivity contribution is 5.94. The van der Waals surface area contributed by atoms with Crippen LogP contribution in [-0.4, -0.2) is 67.3 Å². The molecule has 0 saturated heterocycles. The molecule has 12 nitrogen and oxygen atoms in total. The summed E-state index contributed by atoms with van der Waals surface area (Å²) in [5.74, 6) is -2.20. The van der Waals surface area contributed by atoms with Gasteiger partial charge in [0.2, 0.25) is 29.5 Å². The minimum Gasteiger partial charge on any atom is -0.368 e. The Balaban J connectivity index is 5.11. The summed E-state index contributed by atoms with van der Waals surface area (Å²) >= 11 is 0. The Morgan fingerprint density at radius 2 is 0.729 bits per heavy atom. The van der Waals surface area contributed by atoms with Crippen molar-refractivity contribution < 1.29 is 24.0 Å². The highest BCUT2D eigenvalue weighted by Crippen LogP contribution is 2.15. The first-order valence-corrected chi connectivity index (χ1v) is 24.6. The van der Waals surface area contributed by atoms with E-state index in [1.807, 2.05) is 0 Å². The second-order valence-corrected chi connectivity index (χ2v) is 17.0. The summed E-state index contributed by atoms with van der Waals surface area (Å²) in [5, 5.41) is 11.2. The van der Waals surface area contributed by atoms with Gasteiger partial charge in [-0.25, -0.2) is 0 Å². The summed E-state index contributed by atoms with van der Waals surface area (Å²) in [4.78, 5) is 65.3. The van der Waals surface area contributed by atoms with Gasteiger partial charge in [0.05, 0.1) is 0 Å². The molecule has 0 aliphatic rings. The van der Waals surface area contributed by atoms with Crippen molar-refractivity contribution in [2.24, 2.45) is 17.2 Å². The normalized spacial score (nSPS) is 12.7. The fourth-order valence-corrected chi connectivity index (χ4v) is 7.47. The van der Waals surface area contributed by atoms with Crippen LogP contribution in [0.5, 0.6) is 0 Å². The molecule has 0 radical (unpaired) electrons. The van der Waals surface area contributed by atoms with Crippen molar-refractivity contribution in [3.05, 3.63) is 0 Å². The number of carbonyl (C=O) groups is 5. The van der Waals surface area contributed by atoms with E-state index in [0.717, 1.165) is 38.5 Å². The molecule has 0 saturated carbocycles. The Hall–Kier alpha value is -2.73.